The highest BCUT2D eigenvalue weighted by atomic mass is 35.5. The second kappa shape index (κ2) is 4.04. The van der Waals surface area contributed by atoms with Crippen molar-refractivity contribution in [3.05, 3.63) is 28.8 Å². The number of aryl methyl sites for hydroxylation is 1. The first kappa shape index (κ1) is 8.96. The SMILES string of the molecule is C#CCCc1cccc(Cl)c1O. The van der Waals surface area contributed by atoms with E-state index in [9.17, 15) is 5.11 Å². The largest absolute Gasteiger partial charge is 0.506 e. The molecule has 1 N–H and O–H groups in total. The van der Waals surface area contributed by atoms with Crippen molar-refractivity contribution in [3.63, 3.8) is 0 Å². The average molecular weight is 181 g/mol. The van der Waals surface area contributed by atoms with Gasteiger partial charge in [0.15, 0.2) is 0 Å². The highest BCUT2D eigenvalue weighted by molar-refractivity contribution is 6.32. The molecule has 62 valence electrons. The first-order chi connectivity index (χ1) is 5.75. The second-order valence-corrected chi connectivity index (χ2v) is 2.86. The summed E-state index contributed by atoms with van der Waals surface area (Å²) in [5.41, 5.74) is 0.806. The molecule has 0 aliphatic carbocycles. The third-order valence-electron chi connectivity index (χ3n) is 1.61. The van der Waals surface area contributed by atoms with E-state index in [0.29, 0.717) is 17.9 Å². The molecule has 0 atom stereocenters. The third-order valence-corrected chi connectivity index (χ3v) is 1.91. The number of hydrogen-bond donors (Lipinski definition) is 1. The van der Waals surface area contributed by atoms with Gasteiger partial charge in [-0.3, -0.25) is 0 Å². The van der Waals surface area contributed by atoms with E-state index in [0.717, 1.165) is 5.56 Å². The van der Waals surface area contributed by atoms with Crippen LogP contribution in [0.1, 0.15) is 12.0 Å². The van der Waals surface area contributed by atoms with Crippen LogP contribution in [0, 0.1) is 12.3 Å². The summed E-state index contributed by atoms with van der Waals surface area (Å²) in [7, 11) is 0. The van der Waals surface area contributed by atoms with E-state index in [1.807, 2.05) is 6.07 Å². The van der Waals surface area contributed by atoms with Crippen molar-refractivity contribution in [2.24, 2.45) is 0 Å². The zero-order chi connectivity index (χ0) is 8.97. The Morgan fingerprint density at radius 1 is 1.50 bits per heavy atom. The zero-order valence-corrected chi connectivity index (χ0v) is 7.30. The van der Waals surface area contributed by atoms with Gasteiger partial charge in [0.2, 0.25) is 0 Å². The number of hydrogen-bond acceptors (Lipinski definition) is 1. The standard InChI is InChI=1S/C10H9ClO/c1-2-3-5-8-6-4-7-9(11)10(8)12/h1,4,6-7,12H,3,5H2. The molecule has 1 rings (SSSR count). The summed E-state index contributed by atoms with van der Waals surface area (Å²) in [4.78, 5) is 0. The fourth-order valence-electron chi connectivity index (χ4n) is 0.969. The molecule has 0 aliphatic heterocycles. The highest BCUT2D eigenvalue weighted by Crippen LogP contribution is 2.27. The molecule has 2 heteroatoms. The zero-order valence-electron chi connectivity index (χ0n) is 6.55. The Kier molecular flexibility index (Phi) is 3.01. The van der Waals surface area contributed by atoms with Crippen LogP contribution in [-0.2, 0) is 6.42 Å². The lowest BCUT2D eigenvalue weighted by Crippen LogP contribution is -1.84. The maximum absolute atomic E-state index is 9.42. The molecule has 0 saturated heterocycles. The molecule has 0 unspecified atom stereocenters. The minimum atomic E-state index is 0.148. The molecule has 0 aliphatic rings. The van der Waals surface area contributed by atoms with Crippen molar-refractivity contribution in [1.82, 2.24) is 0 Å². The van der Waals surface area contributed by atoms with Crippen LogP contribution in [0.4, 0.5) is 0 Å². The van der Waals surface area contributed by atoms with Crippen molar-refractivity contribution >= 4 is 11.6 Å². The summed E-state index contributed by atoms with van der Waals surface area (Å²) >= 11 is 5.69. The van der Waals surface area contributed by atoms with Crippen LogP contribution in [0.5, 0.6) is 5.75 Å². The van der Waals surface area contributed by atoms with Crippen molar-refractivity contribution in [3.8, 4) is 18.1 Å². The van der Waals surface area contributed by atoms with Gasteiger partial charge in [-0.25, -0.2) is 0 Å². The summed E-state index contributed by atoms with van der Waals surface area (Å²) in [6.45, 7) is 0. The van der Waals surface area contributed by atoms with Crippen LogP contribution in [0.15, 0.2) is 18.2 Å². The average Bonchev–Trinajstić information content (AvgIpc) is 2.08. The topological polar surface area (TPSA) is 20.2 Å². The Labute approximate surface area is 77.0 Å². The number of para-hydroxylation sites is 1. The normalized spacial score (nSPS) is 9.33. The van der Waals surface area contributed by atoms with Gasteiger partial charge in [-0.1, -0.05) is 23.7 Å². The van der Waals surface area contributed by atoms with E-state index in [1.54, 1.807) is 12.1 Å². The molecular formula is C10H9ClO. The minimum absolute atomic E-state index is 0.148. The molecule has 1 aromatic carbocycles. The van der Waals surface area contributed by atoms with Crippen molar-refractivity contribution in [1.29, 1.82) is 0 Å². The smallest absolute Gasteiger partial charge is 0.137 e. The fourth-order valence-corrected chi connectivity index (χ4v) is 1.16. The highest BCUT2D eigenvalue weighted by Gasteiger charge is 2.02. The molecule has 0 radical (unpaired) electrons. The van der Waals surface area contributed by atoms with Gasteiger partial charge in [0, 0.05) is 6.42 Å². The van der Waals surface area contributed by atoms with Crippen molar-refractivity contribution in [2.75, 3.05) is 0 Å². The lowest BCUT2D eigenvalue weighted by molar-refractivity contribution is 0.468. The molecule has 1 nitrogen and oxygen atoms in total. The van der Waals surface area contributed by atoms with E-state index in [2.05, 4.69) is 5.92 Å². The number of phenolic OH excluding ortho intramolecular Hbond substituents is 1. The van der Waals surface area contributed by atoms with Crippen LogP contribution < -0.4 is 0 Å². The number of rotatable bonds is 2. The minimum Gasteiger partial charge on any atom is -0.506 e. The van der Waals surface area contributed by atoms with E-state index in [1.165, 1.54) is 0 Å². The molecule has 0 amide bonds. The lowest BCUT2D eigenvalue weighted by atomic mass is 10.1. The first-order valence-corrected chi connectivity index (χ1v) is 4.03. The summed E-state index contributed by atoms with van der Waals surface area (Å²) in [5, 5.41) is 9.80. The summed E-state index contributed by atoms with van der Waals surface area (Å²) < 4.78 is 0. The van der Waals surface area contributed by atoms with Gasteiger partial charge in [-0.15, -0.1) is 12.3 Å². The van der Waals surface area contributed by atoms with Crippen molar-refractivity contribution < 1.29 is 5.11 Å². The number of halogens is 1. The van der Waals surface area contributed by atoms with Gasteiger partial charge in [-0.2, -0.15) is 0 Å². The number of aromatic hydroxyl groups is 1. The molecule has 0 bridgehead atoms. The Hall–Kier alpha value is -1.13. The molecule has 12 heavy (non-hydrogen) atoms. The lowest BCUT2D eigenvalue weighted by Gasteiger charge is -2.02. The van der Waals surface area contributed by atoms with Crippen LogP contribution in [-0.4, -0.2) is 5.11 Å². The second-order valence-electron chi connectivity index (χ2n) is 2.45. The van der Waals surface area contributed by atoms with E-state index in [-0.39, 0.29) is 5.75 Å². The monoisotopic (exact) mass is 180 g/mol. The predicted octanol–water partition coefficient (Wildman–Crippen LogP) is 2.61. The molecule has 0 aromatic heterocycles. The van der Waals surface area contributed by atoms with Gasteiger partial charge in [-0.05, 0) is 18.1 Å². The molecule has 0 heterocycles. The summed E-state index contributed by atoms with van der Waals surface area (Å²) in [6, 6.07) is 5.27. The van der Waals surface area contributed by atoms with Crippen LogP contribution >= 0.6 is 11.6 Å². The quantitative estimate of drug-likeness (QED) is 0.694. The molecule has 0 fully saturated rings. The molecular weight excluding hydrogens is 172 g/mol. The number of phenols is 1. The van der Waals surface area contributed by atoms with Gasteiger partial charge < -0.3 is 5.11 Å². The molecule has 1 aromatic rings. The predicted molar refractivity (Wildman–Crippen MR) is 50.3 cm³/mol. The fraction of sp³-hybridized carbons (Fsp3) is 0.200. The van der Waals surface area contributed by atoms with E-state index >= 15 is 0 Å². The molecule has 0 saturated carbocycles. The molecule has 0 spiro atoms. The van der Waals surface area contributed by atoms with Gasteiger partial charge in [0.25, 0.3) is 0 Å². The number of terminal acetylenes is 1. The van der Waals surface area contributed by atoms with Crippen molar-refractivity contribution in [2.45, 2.75) is 12.8 Å². The Morgan fingerprint density at radius 2 is 2.25 bits per heavy atom. The Morgan fingerprint density at radius 3 is 2.92 bits per heavy atom. The Balaban J connectivity index is 2.86. The summed E-state index contributed by atoms with van der Waals surface area (Å²) in [6.07, 6.45) is 6.39. The van der Waals surface area contributed by atoms with Crippen LogP contribution in [0.2, 0.25) is 5.02 Å². The Bertz CT molecular complexity index is 312. The summed E-state index contributed by atoms with van der Waals surface area (Å²) in [5.74, 6) is 2.66. The van der Waals surface area contributed by atoms with Gasteiger partial charge in [0.05, 0.1) is 5.02 Å². The van der Waals surface area contributed by atoms with Crippen LogP contribution in [0.25, 0.3) is 0 Å². The maximum atomic E-state index is 9.42. The van der Waals surface area contributed by atoms with Gasteiger partial charge in [0.1, 0.15) is 5.75 Å². The maximum Gasteiger partial charge on any atom is 0.137 e. The number of benzene rings is 1. The van der Waals surface area contributed by atoms with E-state index < -0.39 is 0 Å². The van der Waals surface area contributed by atoms with Gasteiger partial charge >= 0.3 is 0 Å². The van der Waals surface area contributed by atoms with Crippen LogP contribution in [0.3, 0.4) is 0 Å². The third kappa shape index (κ3) is 1.93. The first-order valence-electron chi connectivity index (χ1n) is 3.65. The van der Waals surface area contributed by atoms with E-state index in [4.69, 9.17) is 18.0 Å².